The SMILES string of the molecule is CC(=O)c1nc2cc(F)ccc2s1. The highest BCUT2D eigenvalue weighted by atomic mass is 32.1. The number of hydrogen-bond donors (Lipinski definition) is 0. The van der Waals surface area contributed by atoms with Crippen LogP contribution in [-0.4, -0.2) is 10.8 Å². The third kappa shape index (κ3) is 1.45. The summed E-state index contributed by atoms with van der Waals surface area (Å²) in [6, 6.07) is 4.33. The quantitative estimate of drug-likeness (QED) is 0.655. The highest BCUT2D eigenvalue weighted by Crippen LogP contribution is 2.22. The number of thiazole rings is 1. The van der Waals surface area contributed by atoms with Crippen molar-refractivity contribution >= 4 is 27.3 Å². The summed E-state index contributed by atoms with van der Waals surface area (Å²) in [6.45, 7) is 1.45. The number of ketones is 1. The lowest BCUT2D eigenvalue weighted by molar-refractivity contribution is 0.101. The van der Waals surface area contributed by atoms with Gasteiger partial charge in [0.25, 0.3) is 0 Å². The van der Waals surface area contributed by atoms with Gasteiger partial charge in [-0.3, -0.25) is 4.79 Å². The molecular formula is C9H6FNOS. The molecule has 1 aromatic heterocycles. The standard InChI is InChI=1S/C9H6FNOS/c1-5(12)9-11-7-4-6(10)2-3-8(7)13-9/h2-4H,1H3. The maximum absolute atomic E-state index is 12.7. The average Bonchev–Trinajstić information content (AvgIpc) is 2.46. The monoisotopic (exact) mass is 195 g/mol. The minimum absolute atomic E-state index is 0.0818. The van der Waals surface area contributed by atoms with Gasteiger partial charge in [0, 0.05) is 13.0 Å². The minimum Gasteiger partial charge on any atom is -0.292 e. The summed E-state index contributed by atoms with van der Waals surface area (Å²) < 4.78 is 13.6. The van der Waals surface area contributed by atoms with Gasteiger partial charge in [-0.2, -0.15) is 0 Å². The van der Waals surface area contributed by atoms with Gasteiger partial charge in [0.05, 0.1) is 10.2 Å². The van der Waals surface area contributed by atoms with E-state index < -0.39 is 0 Å². The molecular weight excluding hydrogens is 189 g/mol. The van der Waals surface area contributed by atoms with Crippen LogP contribution in [0.15, 0.2) is 18.2 Å². The minimum atomic E-state index is -0.326. The Morgan fingerprint density at radius 2 is 2.31 bits per heavy atom. The van der Waals surface area contributed by atoms with E-state index >= 15 is 0 Å². The molecule has 0 amide bonds. The van der Waals surface area contributed by atoms with E-state index in [0.717, 1.165) is 4.70 Å². The number of carbonyl (C=O) groups excluding carboxylic acids is 1. The lowest BCUT2D eigenvalue weighted by atomic mass is 10.3. The molecule has 0 fully saturated rings. The lowest BCUT2D eigenvalue weighted by Gasteiger charge is -1.85. The van der Waals surface area contributed by atoms with Gasteiger partial charge in [0.2, 0.25) is 0 Å². The number of nitrogens with zero attached hydrogens (tertiary/aromatic N) is 1. The van der Waals surface area contributed by atoms with Gasteiger partial charge < -0.3 is 0 Å². The number of fused-ring (bicyclic) bond motifs is 1. The predicted molar refractivity (Wildman–Crippen MR) is 49.6 cm³/mol. The highest BCUT2D eigenvalue weighted by Gasteiger charge is 2.07. The summed E-state index contributed by atoms with van der Waals surface area (Å²) in [5.41, 5.74) is 0.551. The van der Waals surface area contributed by atoms with Crippen LogP contribution in [-0.2, 0) is 0 Å². The largest absolute Gasteiger partial charge is 0.292 e. The second-order valence-corrected chi connectivity index (χ2v) is 3.72. The topological polar surface area (TPSA) is 30.0 Å². The predicted octanol–water partition coefficient (Wildman–Crippen LogP) is 2.64. The Bertz CT molecular complexity index is 477. The molecule has 2 nitrogen and oxygen atoms in total. The first-order valence-corrected chi connectivity index (χ1v) is 4.55. The zero-order valence-electron chi connectivity index (χ0n) is 6.87. The number of Topliss-reactive ketones (excluding diaryl/α,β-unsaturated/α-hetero) is 1. The summed E-state index contributed by atoms with van der Waals surface area (Å²) >= 11 is 1.29. The zero-order valence-corrected chi connectivity index (χ0v) is 7.69. The van der Waals surface area contributed by atoms with E-state index in [1.54, 1.807) is 6.07 Å². The van der Waals surface area contributed by atoms with Gasteiger partial charge >= 0.3 is 0 Å². The van der Waals surface area contributed by atoms with E-state index in [4.69, 9.17) is 0 Å². The molecule has 0 saturated heterocycles. The van der Waals surface area contributed by atoms with Crippen molar-refractivity contribution in [2.45, 2.75) is 6.92 Å². The number of hydrogen-bond acceptors (Lipinski definition) is 3. The smallest absolute Gasteiger partial charge is 0.188 e. The van der Waals surface area contributed by atoms with Crippen LogP contribution in [0.2, 0.25) is 0 Å². The summed E-state index contributed by atoms with van der Waals surface area (Å²) in [5, 5.41) is 0.431. The molecule has 0 N–H and O–H groups in total. The van der Waals surface area contributed by atoms with Crippen molar-refractivity contribution in [1.29, 1.82) is 0 Å². The zero-order chi connectivity index (χ0) is 9.42. The fourth-order valence-corrected chi connectivity index (χ4v) is 1.89. The third-order valence-corrected chi connectivity index (χ3v) is 2.79. The highest BCUT2D eigenvalue weighted by molar-refractivity contribution is 7.20. The Morgan fingerprint density at radius 3 is 3.00 bits per heavy atom. The molecule has 0 saturated carbocycles. The molecule has 2 aromatic rings. The molecule has 0 atom stereocenters. The average molecular weight is 195 g/mol. The van der Waals surface area contributed by atoms with Crippen molar-refractivity contribution in [1.82, 2.24) is 4.98 Å². The number of carbonyl (C=O) groups is 1. The fraction of sp³-hybridized carbons (Fsp3) is 0.111. The maximum Gasteiger partial charge on any atom is 0.188 e. The van der Waals surface area contributed by atoms with E-state index in [1.807, 2.05) is 0 Å². The van der Waals surface area contributed by atoms with Crippen LogP contribution in [0.5, 0.6) is 0 Å². The normalized spacial score (nSPS) is 10.6. The molecule has 0 bridgehead atoms. The molecule has 4 heteroatoms. The van der Waals surface area contributed by atoms with Gasteiger partial charge in [-0.15, -0.1) is 11.3 Å². The second-order valence-electron chi connectivity index (χ2n) is 2.69. The van der Waals surface area contributed by atoms with E-state index in [2.05, 4.69) is 4.98 Å². The van der Waals surface area contributed by atoms with Gasteiger partial charge in [0.1, 0.15) is 5.82 Å². The maximum atomic E-state index is 12.7. The molecule has 0 spiro atoms. The summed E-state index contributed by atoms with van der Waals surface area (Å²) in [6.07, 6.45) is 0. The molecule has 0 aliphatic heterocycles. The first-order valence-electron chi connectivity index (χ1n) is 3.74. The Hall–Kier alpha value is -1.29. The second kappa shape index (κ2) is 2.88. The number of rotatable bonds is 1. The molecule has 0 aliphatic carbocycles. The first kappa shape index (κ1) is 8.31. The van der Waals surface area contributed by atoms with Crippen LogP contribution >= 0.6 is 11.3 Å². The van der Waals surface area contributed by atoms with Crippen molar-refractivity contribution < 1.29 is 9.18 Å². The van der Waals surface area contributed by atoms with E-state index in [-0.39, 0.29) is 11.6 Å². The number of halogens is 1. The summed E-state index contributed by atoms with van der Waals surface area (Å²) in [4.78, 5) is 15.0. The fourth-order valence-electron chi connectivity index (χ4n) is 1.05. The van der Waals surface area contributed by atoms with Gasteiger partial charge in [-0.25, -0.2) is 9.37 Å². The van der Waals surface area contributed by atoms with Crippen molar-refractivity contribution in [3.63, 3.8) is 0 Å². The number of aromatic nitrogens is 1. The van der Waals surface area contributed by atoms with Crippen LogP contribution in [0.4, 0.5) is 4.39 Å². The molecule has 0 unspecified atom stereocenters. The molecule has 1 heterocycles. The van der Waals surface area contributed by atoms with E-state index in [1.165, 1.54) is 30.4 Å². The van der Waals surface area contributed by atoms with Crippen LogP contribution in [0.3, 0.4) is 0 Å². The van der Waals surface area contributed by atoms with Crippen molar-refractivity contribution in [2.24, 2.45) is 0 Å². The van der Waals surface area contributed by atoms with E-state index in [9.17, 15) is 9.18 Å². The van der Waals surface area contributed by atoms with Gasteiger partial charge in [-0.1, -0.05) is 0 Å². The first-order chi connectivity index (χ1) is 6.16. The van der Waals surface area contributed by atoms with Gasteiger partial charge in [-0.05, 0) is 12.1 Å². The summed E-state index contributed by atoms with van der Waals surface area (Å²) in [5.74, 6) is -0.408. The van der Waals surface area contributed by atoms with E-state index in [0.29, 0.717) is 10.5 Å². The Labute approximate surface area is 78.0 Å². The van der Waals surface area contributed by atoms with Crippen LogP contribution in [0.25, 0.3) is 10.2 Å². The molecule has 13 heavy (non-hydrogen) atoms. The molecule has 2 rings (SSSR count). The lowest BCUT2D eigenvalue weighted by Crippen LogP contribution is -1.88. The van der Waals surface area contributed by atoms with Crippen molar-refractivity contribution in [3.05, 3.63) is 29.0 Å². The van der Waals surface area contributed by atoms with Crippen LogP contribution in [0.1, 0.15) is 16.7 Å². The van der Waals surface area contributed by atoms with Crippen molar-refractivity contribution in [2.75, 3.05) is 0 Å². The Morgan fingerprint density at radius 1 is 1.54 bits per heavy atom. The Kier molecular flexibility index (Phi) is 1.84. The summed E-state index contributed by atoms with van der Waals surface area (Å²) in [7, 11) is 0. The number of benzene rings is 1. The Balaban J connectivity index is 2.68. The van der Waals surface area contributed by atoms with Crippen LogP contribution < -0.4 is 0 Å². The molecule has 0 radical (unpaired) electrons. The van der Waals surface area contributed by atoms with Crippen molar-refractivity contribution in [3.8, 4) is 0 Å². The molecule has 66 valence electrons. The van der Waals surface area contributed by atoms with Gasteiger partial charge in [0.15, 0.2) is 10.8 Å². The van der Waals surface area contributed by atoms with Crippen LogP contribution in [0, 0.1) is 5.82 Å². The molecule has 0 aliphatic rings. The third-order valence-electron chi connectivity index (χ3n) is 1.65. The molecule has 1 aromatic carbocycles.